The van der Waals surface area contributed by atoms with Crippen LogP contribution >= 0.6 is 23.4 Å². The first-order valence-corrected chi connectivity index (χ1v) is 10.1. The number of anilines is 1. The molecule has 2 heterocycles. The summed E-state index contributed by atoms with van der Waals surface area (Å²) in [5.41, 5.74) is 2.06. The predicted molar refractivity (Wildman–Crippen MR) is 110 cm³/mol. The Morgan fingerprint density at radius 1 is 1.14 bits per heavy atom. The van der Waals surface area contributed by atoms with Gasteiger partial charge in [-0.05, 0) is 42.0 Å². The Bertz CT molecular complexity index is 989. The fraction of sp³-hybridized carbons (Fsp3) is 0.143. The molecule has 28 heavy (non-hydrogen) atoms. The van der Waals surface area contributed by atoms with E-state index in [0.29, 0.717) is 28.6 Å². The Hall–Kier alpha value is -2.70. The number of para-hydroxylation sites is 1. The van der Waals surface area contributed by atoms with E-state index in [-0.39, 0.29) is 17.2 Å². The summed E-state index contributed by atoms with van der Waals surface area (Å²) in [7, 11) is 0. The molecule has 0 unspecified atom stereocenters. The van der Waals surface area contributed by atoms with Crippen LogP contribution in [0.3, 0.4) is 0 Å². The summed E-state index contributed by atoms with van der Waals surface area (Å²) in [5, 5.41) is 3.20. The quantitative estimate of drug-likeness (QED) is 0.643. The molecule has 0 spiro atoms. The number of furan rings is 1. The van der Waals surface area contributed by atoms with Crippen molar-refractivity contribution < 1.29 is 14.0 Å². The third-order valence-corrected chi connectivity index (χ3v) is 6.04. The molecular weight excluding hydrogens is 396 g/mol. The molecule has 2 amide bonds. The number of nitrogens with one attached hydrogen (secondary N) is 1. The van der Waals surface area contributed by atoms with E-state index in [1.54, 1.807) is 47.2 Å². The Morgan fingerprint density at radius 3 is 2.64 bits per heavy atom. The maximum Gasteiger partial charge on any atom is 0.255 e. The van der Waals surface area contributed by atoms with Crippen molar-refractivity contribution in [2.45, 2.75) is 11.9 Å². The van der Waals surface area contributed by atoms with Crippen LogP contribution in [0.1, 0.15) is 27.1 Å². The minimum Gasteiger partial charge on any atom is -0.467 e. The van der Waals surface area contributed by atoms with Crippen molar-refractivity contribution in [3.63, 3.8) is 0 Å². The van der Waals surface area contributed by atoms with Crippen LogP contribution in [0.2, 0.25) is 5.02 Å². The van der Waals surface area contributed by atoms with Gasteiger partial charge in [-0.15, -0.1) is 11.8 Å². The summed E-state index contributed by atoms with van der Waals surface area (Å²) in [6.07, 6.45) is 1.60. The highest BCUT2D eigenvalue weighted by Crippen LogP contribution is 2.39. The zero-order valence-electron chi connectivity index (χ0n) is 14.8. The summed E-state index contributed by atoms with van der Waals surface area (Å²) < 4.78 is 5.38. The molecule has 2 aromatic carbocycles. The van der Waals surface area contributed by atoms with Crippen LogP contribution in [0.5, 0.6) is 0 Å². The van der Waals surface area contributed by atoms with Crippen LogP contribution in [0, 0.1) is 0 Å². The first-order chi connectivity index (χ1) is 13.6. The first kappa shape index (κ1) is 18.7. The highest BCUT2D eigenvalue weighted by molar-refractivity contribution is 8.00. The second kappa shape index (κ2) is 8.12. The van der Waals surface area contributed by atoms with Crippen LogP contribution in [0.4, 0.5) is 5.69 Å². The van der Waals surface area contributed by atoms with Crippen molar-refractivity contribution in [1.29, 1.82) is 0 Å². The fourth-order valence-electron chi connectivity index (χ4n) is 3.03. The third-order valence-electron chi connectivity index (χ3n) is 4.45. The van der Waals surface area contributed by atoms with Gasteiger partial charge >= 0.3 is 0 Å². The molecule has 0 saturated carbocycles. The highest BCUT2D eigenvalue weighted by atomic mass is 35.5. The van der Waals surface area contributed by atoms with Crippen molar-refractivity contribution in [1.82, 2.24) is 4.90 Å². The predicted octanol–water partition coefficient (Wildman–Crippen LogP) is 4.96. The van der Waals surface area contributed by atoms with Gasteiger partial charge in [-0.25, -0.2) is 0 Å². The largest absolute Gasteiger partial charge is 0.467 e. The monoisotopic (exact) mass is 412 g/mol. The molecular formula is C21H17ClN2O3S. The van der Waals surface area contributed by atoms with Gasteiger partial charge in [0, 0.05) is 5.56 Å². The molecule has 4 rings (SSSR count). The van der Waals surface area contributed by atoms with Gasteiger partial charge in [0.1, 0.15) is 11.1 Å². The summed E-state index contributed by atoms with van der Waals surface area (Å²) in [5.74, 6) is 1.02. The second-order valence-electron chi connectivity index (χ2n) is 6.32. The second-order valence-corrected chi connectivity index (χ2v) is 7.80. The van der Waals surface area contributed by atoms with Crippen molar-refractivity contribution in [3.05, 3.63) is 88.8 Å². The zero-order valence-corrected chi connectivity index (χ0v) is 16.4. The van der Waals surface area contributed by atoms with Gasteiger partial charge in [-0.3, -0.25) is 9.59 Å². The lowest BCUT2D eigenvalue weighted by atomic mass is 10.1. The first-order valence-electron chi connectivity index (χ1n) is 8.71. The number of nitrogens with zero attached hydrogens (tertiary/aromatic N) is 1. The van der Waals surface area contributed by atoms with E-state index >= 15 is 0 Å². The van der Waals surface area contributed by atoms with E-state index < -0.39 is 0 Å². The number of benzene rings is 2. The molecule has 1 aliphatic rings. The Kier molecular flexibility index (Phi) is 5.41. The smallest absolute Gasteiger partial charge is 0.255 e. The molecule has 0 bridgehead atoms. The van der Waals surface area contributed by atoms with Gasteiger partial charge < -0.3 is 14.6 Å². The van der Waals surface area contributed by atoms with Gasteiger partial charge in [0.05, 0.1) is 29.3 Å². The minimum absolute atomic E-state index is 0.0759. The van der Waals surface area contributed by atoms with Crippen molar-refractivity contribution in [3.8, 4) is 0 Å². The van der Waals surface area contributed by atoms with Crippen LogP contribution in [0.15, 0.2) is 71.3 Å². The topological polar surface area (TPSA) is 62.6 Å². The van der Waals surface area contributed by atoms with E-state index in [1.807, 2.05) is 36.4 Å². The van der Waals surface area contributed by atoms with E-state index in [0.717, 1.165) is 11.3 Å². The number of halogens is 1. The molecule has 1 fully saturated rings. The van der Waals surface area contributed by atoms with Gasteiger partial charge in [0.25, 0.3) is 5.91 Å². The molecule has 3 aromatic rings. The van der Waals surface area contributed by atoms with E-state index in [4.69, 9.17) is 16.0 Å². The SMILES string of the molecule is O=C(Nc1ccccc1Cl)c1ccc([C@H]2SCC(=O)N2Cc2ccco2)cc1. The third kappa shape index (κ3) is 3.93. The fourth-order valence-corrected chi connectivity index (χ4v) is 4.40. The summed E-state index contributed by atoms with van der Waals surface area (Å²) in [4.78, 5) is 26.6. The molecule has 1 aliphatic heterocycles. The maximum atomic E-state index is 12.5. The van der Waals surface area contributed by atoms with Crippen LogP contribution in [-0.2, 0) is 11.3 Å². The number of thioether (sulfide) groups is 1. The number of carbonyl (C=O) groups excluding carboxylic acids is 2. The molecule has 0 aliphatic carbocycles. The van der Waals surface area contributed by atoms with Crippen LogP contribution in [0.25, 0.3) is 0 Å². The summed E-state index contributed by atoms with van der Waals surface area (Å²) >= 11 is 7.66. The Morgan fingerprint density at radius 2 is 1.93 bits per heavy atom. The standard InChI is InChI=1S/C21H17ClN2O3S/c22-17-5-1-2-6-18(17)23-20(26)14-7-9-15(10-8-14)21-24(19(25)13-28-21)12-16-4-3-11-27-16/h1-11,21H,12-13H2,(H,23,26)/t21-/m1/s1. The molecule has 1 saturated heterocycles. The van der Waals surface area contributed by atoms with Gasteiger partial charge in [-0.1, -0.05) is 35.9 Å². The molecule has 1 N–H and O–H groups in total. The van der Waals surface area contributed by atoms with Crippen molar-refractivity contribution >= 4 is 40.9 Å². The Balaban J connectivity index is 1.48. The van der Waals surface area contributed by atoms with Crippen LogP contribution in [-0.4, -0.2) is 22.5 Å². The summed E-state index contributed by atoms with van der Waals surface area (Å²) in [6, 6.07) is 18.0. The molecule has 1 aromatic heterocycles. The van der Waals surface area contributed by atoms with E-state index in [2.05, 4.69) is 5.32 Å². The number of amides is 2. The van der Waals surface area contributed by atoms with Crippen molar-refractivity contribution in [2.24, 2.45) is 0 Å². The number of hydrogen-bond donors (Lipinski definition) is 1. The van der Waals surface area contributed by atoms with E-state index in [9.17, 15) is 9.59 Å². The average Bonchev–Trinajstić information content (AvgIpc) is 3.35. The molecule has 0 radical (unpaired) electrons. The van der Waals surface area contributed by atoms with Gasteiger partial charge in [-0.2, -0.15) is 0 Å². The van der Waals surface area contributed by atoms with Gasteiger partial charge in [0.15, 0.2) is 0 Å². The number of carbonyl (C=O) groups is 2. The van der Waals surface area contributed by atoms with Crippen molar-refractivity contribution in [2.75, 3.05) is 11.1 Å². The maximum absolute atomic E-state index is 12.5. The lowest BCUT2D eigenvalue weighted by Gasteiger charge is -2.23. The minimum atomic E-state index is -0.234. The van der Waals surface area contributed by atoms with Crippen LogP contribution < -0.4 is 5.32 Å². The van der Waals surface area contributed by atoms with E-state index in [1.165, 1.54) is 0 Å². The molecule has 7 heteroatoms. The lowest BCUT2D eigenvalue weighted by Crippen LogP contribution is -2.27. The number of rotatable bonds is 5. The lowest BCUT2D eigenvalue weighted by molar-refractivity contribution is -0.128. The summed E-state index contributed by atoms with van der Waals surface area (Å²) in [6.45, 7) is 0.429. The Labute approximate surface area is 171 Å². The molecule has 1 atom stereocenters. The van der Waals surface area contributed by atoms with Gasteiger partial charge in [0.2, 0.25) is 5.91 Å². The normalized spacial score (nSPS) is 16.4. The number of hydrogen-bond acceptors (Lipinski definition) is 4. The molecule has 5 nitrogen and oxygen atoms in total. The highest BCUT2D eigenvalue weighted by Gasteiger charge is 2.33. The molecule has 142 valence electrons. The average molecular weight is 413 g/mol. The zero-order chi connectivity index (χ0) is 19.5.